The van der Waals surface area contributed by atoms with Gasteiger partial charge in [0.15, 0.2) is 0 Å². The molecule has 1 saturated heterocycles. The molecule has 1 amide bonds. The molecule has 1 aliphatic rings. The average Bonchev–Trinajstić information content (AvgIpc) is 3.29. The van der Waals surface area contributed by atoms with E-state index in [0.29, 0.717) is 22.0 Å². The summed E-state index contributed by atoms with van der Waals surface area (Å²) in [7, 11) is 1.56. The third-order valence-corrected chi connectivity index (χ3v) is 6.71. The van der Waals surface area contributed by atoms with E-state index < -0.39 is 17.7 Å². The molecule has 2 aromatic carbocycles. The minimum absolute atomic E-state index is 0.0683. The molecule has 0 bridgehead atoms. The lowest BCUT2D eigenvalue weighted by Crippen LogP contribution is -2.29. The van der Waals surface area contributed by atoms with Crippen LogP contribution in [0.4, 0.5) is 5.69 Å². The number of halogens is 1. The van der Waals surface area contributed by atoms with E-state index in [9.17, 15) is 14.7 Å². The van der Waals surface area contributed by atoms with Gasteiger partial charge >= 0.3 is 0 Å². The van der Waals surface area contributed by atoms with E-state index in [1.54, 1.807) is 49.6 Å². The fourth-order valence-electron chi connectivity index (χ4n) is 3.79. The normalized spacial score (nSPS) is 17.9. The Morgan fingerprint density at radius 1 is 1.06 bits per heavy atom. The number of methoxy groups -OCH3 is 1. The van der Waals surface area contributed by atoms with E-state index in [1.807, 2.05) is 25.3 Å². The van der Waals surface area contributed by atoms with Crippen LogP contribution in [0.15, 0.2) is 59.5 Å². The molecule has 7 heteroatoms. The second kappa shape index (κ2) is 8.21. The summed E-state index contributed by atoms with van der Waals surface area (Å²) in [5.74, 6) is -0.970. The van der Waals surface area contributed by atoms with Crippen LogP contribution < -0.4 is 9.64 Å². The molecule has 1 N–H and O–H groups in total. The van der Waals surface area contributed by atoms with Crippen molar-refractivity contribution in [2.45, 2.75) is 19.9 Å². The highest BCUT2D eigenvalue weighted by Crippen LogP contribution is 2.45. The van der Waals surface area contributed by atoms with Crippen molar-refractivity contribution in [2.24, 2.45) is 0 Å². The first-order valence-corrected chi connectivity index (χ1v) is 10.8. The number of carbonyl (C=O) groups is 2. The number of anilines is 1. The van der Waals surface area contributed by atoms with Crippen molar-refractivity contribution in [3.05, 3.63) is 86.1 Å². The Hall–Kier alpha value is -3.09. The van der Waals surface area contributed by atoms with Crippen LogP contribution in [-0.4, -0.2) is 23.9 Å². The minimum atomic E-state index is -0.734. The second-order valence-corrected chi connectivity index (χ2v) is 8.68. The third-order valence-electron chi connectivity index (χ3n) is 5.39. The zero-order valence-corrected chi connectivity index (χ0v) is 18.8. The van der Waals surface area contributed by atoms with Crippen molar-refractivity contribution in [3.8, 4) is 5.75 Å². The second-order valence-electron chi connectivity index (χ2n) is 7.29. The number of Topliss-reactive ketones (excluding diaryl/α,β-unsaturated/α-hetero) is 1. The summed E-state index contributed by atoms with van der Waals surface area (Å²) in [6.07, 6.45) is 0. The highest BCUT2D eigenvalue weighted by molar-refractivity contribution is 7.10. The summed E-state index contributed by atoms with van der Waals surface area (Å²) in [4.78, 5) is 28.5. The molecular formula is C24H20ClNO4S. The molecule has 1 atom stereocenters. The Morgan fingerprint density at radius 2 is 1.77 bits per heavy atom. The van der Waals surface area contributed by atoms with Crippen molar-refractivity contribution in [1.82, 2.24) is 0 Å². The Balaban J connectivity index is 1.95. The molecule has 2 heterocycles. The van der Waals surface area contributed by atoms with Crippen molar-refractivity contribution < 1.29 is 19.4 Å². The third kappa shape index (κ3) is 3.62. The maximum absolute atomic E-state index is 13.2. The molecule has 1 fully saturated rings. The summed E-state index contributed by atoms with van der Waals surface area (Å²) >= 11 is 7.46. The van der Waals surface area contributed by atoms with Crippen LogP contribution in [-0.2, 0) is 9.59 Å². The van der Waals surface area contributed by atoms with Gasteiger partial charge in [-0.2, -0.15) is 0 Å². The lowest BCUT2D eigenvalue weighted by molar-refractivity contribution is -0.132. The van der Waals surface area contributed by atoms with Gasteiger partial charge in [-0.15, -0.1) is 11.3 Å². The Labute approximate surface area is 189 Å². The first-order valence-electron chi connectivity index (χ1n) is 9.59. The standard InChI is InChI=1S/C24H20ClNO4S/c1-13-10-11-31-23(13)20-19(21(27)18-9-8-17(30-3)12-14(18)2)22(28)24(29)26(20)16-6-4-15(25)5-7-16/h4-12,20,27H,1-3H3/b21-19+. The van der Waals surface area contributed by atoms with Gasteiger partial charge in [0, 0.05) is 21.2 Å². The van der Waals surface area contributed by atoms with E-state index in [0.717, 1.165) is 16.0 Å². The van der Waals surface area contributed by atoms with Crippen LogP contribution in [0.2, 0.25) is 5.02 Å². The Bertz CT molecular complexity index is 1210. The number of aryl methyl sites for hydroxylation is 2. The molecular weight excluding hydrogens is 434 g/mol. The predicted octanol–water partition coefficient (Wildman–Crippen LogP) is 5.65. The molecule has 0 saturated carbocycles. The number of aliphatic hydroxyl groups excluding tert-OH is 1. The number of ketones is 1. The molecule has 1 aromatic heterocycles. The lowest BCUT2D eigenvalue weighted by Gasteiger charge is -2.25. The molecule has 0 spiro atoms. The van der Waals surface area contributed by atoms with E-state index in [2.05, 4.69) is 0 Å². The van der Waals surface area contributed by atoms with E-state index in [1.165, 1.54) is 16.2 Å². The van der Waals surface area contributed by atoms with Crippen molar-refractivity contribution in [1.29, 1.82) is 0 Å². The number of rotatable bonds is 4. The van der Waals surface area contributed by atoms with Gasteiger partial charge in [-0.05, 0) is 78.9 Å². The minimum Gasteiger partial charge on any atom is -0.507 e. The monoisotopic (exact) mass is 453 g/mol. The smallest absolute Gasteiger partial charge is 0.300 e. The molecule has 31 heavy (non-hydrogen) atoms. The van der Waals surface area contributed by atoms with Gasteiger partial charge in [0.2, 0.25) is 0 Å². The highest BCUT2D eigenvalue weighted by Gasteiger charge is 2.48. The van der Waals surface area contributed by atoms with Crippen molar-refractivity contribution in [3.63, 3.8) is 0 Å². The van der Waals surface area contributed by atoms with Gasteiger partial charge in [-0.1, -0.05) is 11.6 Å². The largest absolute Gasteiger partial charge is 0.507 e. The fraction of sp³-hybridized carbons (Fsp3) is 0.167. The quantitative estimate of drug-likeness (QED) is 0.315. The Kier molecular flexibility index (Phi) is 5.60. The lowest BCUT2D eigenvalue weighted by atomic mass is 9.96. The van der Waals surface area contributed by atoms with Gasteiger partial charge < -0.3 is 9.84 Å². The number of carbonyl (C=O) groups excluding carboxylic acids is 2. The summed E-state index contributed by atoms with van der Waals surface area (Å²) < 4.78 is 5.24. The molecule has 0 aliphatic carbocycles. The first kappa shape index (κ1) is 21.2. The van der Waals surface area contributed by atoms with Crippen LogP contribution in [0.5, 0.6) is 5.75 Å². The molecule has 0 radical (unpaired) electrons. The maximum atomic E-state index is 13.2. The Morgan fingerprint density at radius 3 is 2.35 bits per heavy atom. The van der Waals surface area contributed by atoms with Gasteiger partial charge in [0.05, 0.1) is 12.7 Å². The number of ether oxygens (including phenoxy) is 1. The number of nitrogens with zero attached hydrogens (tertiary/aromatic N) is 1. The zero-order valence-electron chi connectivity index (χ0n) is 17.2. The number of amides is 1. The molecule has 5 nitrogen and oxygen atoms in total. The summed E-state index contributed by atoms with van der Waals surface area (Å²) in [6, 6.07) is 13.1. The number of thiophene rings is 1. The molecule has 158 valence electrons. The maximum Gasteiger partial charge on any atom is 0.300 e. The highest BCUT2D eigenvalue weighted by atomic mass is 35.5. The molecule has 3 aromatic rings. The van der Waals surface area contributed by atoms with E-state index in [-0.39, 0.29) is 11.3 Å². The summed E-state index contributed by atoms with van der Waals surface area (Å²) in [6.45, 7) is 3.74. The first-order chi connectivity index (χ1) is 14.8. The van der Waals surface area contributed by atoms with Crippen LogP contribution in [0.1, 0.15) is 27.6 Å². The summed E-state index contributed by atoms with van der Waals surface area (Å²) in [5, 5.41) is 13.7. The van der Waals surface area contributed by atoms with Crippen LogP contribution >= 0.6 is 22.9 Å². The molecule has 1 aliphatic heterocycles. The van der Waals surface area contributed by atoms with Gasteiger partial charge in [0.1, 0.15) is 17.6 Å². The average molecular weight is 454 g/mol. The molecule has 4 rings (SSSR count). The van der Waals surface area contributed by atoms with Gasteiger partial charge in [-0.25, -0.2) is 0 Å². The van der Waals surface area contributed by atoms with E-state index in [4.69, 9.17) is 16.3 Å². The van der Waals surface area contributed by atoms with Crippen LogP contribution in [0, 0.1) is 13.8 Å². The number of aliphatic hydroxyl groups is 1. The number of benzene rings is 2. The predicted molar refractivity (Wildman–Crippen MR) is 123 cm³/mol. The summed E-state index contributed by atoms with van der Waals surface area (Å²) in [5.41, 5.74) is 2.76. The fourth-order valence-corrected chi connectivity index (χ4v) is 4.94. The molecule has 1 unspecified atom stereocenters. The zero-order chi connectivity index (χ0) is 22.3. The SMILES string of the molecule is COc1ccc(/C(O)=C2\C(=O)C(=O)N(c3ccc(Cl)cc3)C2c2sccc2C)c(C)c1. The van der Waals surface area contributed by atoms with Gasteiger partial charge in [0.25, 0.3) is 11.7 Å². The topological polar surface area (TPSA) is 66.8 Å². The van der Waals surface area contributed by atoms with E-state index >= 15 is 0 Å². The van der Waals surface area contributed by atoms with Gasteiger partial charge in [-0.3, -0.25) is 14.5 Å². The van der Waals surface area contributed by atoms with Crippen LogP contribution in [0.25, 0.3) is 5.76 Å². The van der Waals surface area contributed by atoms with Crippen LogP contribution in [0.3, 0.4) is 0 Å². The number of hydrogen-bond acceptors (Lipinski definition) is 5. The van der Waals surface area contributed by atoms with Crippen molar-refractivity contribution in [2.75, 3.05) is 12.0 Å². The number of hydrogen-bond donors (Lipinski definition) is 1. The van der Waals surface area contributed by atoms with Crippen molar-refractivity contribution >= 4 is 46.1 Å².